The van der Waals surface area contributed by atoms with Crippen LogP contribution in [0.15, 0.2) is 65.8 Å². The van der Waals surface area contributed by atoms with E-state index >= 15 is 0 Å². The van der Waals surface area contributed by atoms with Crippen LogP contribution in [-0.4, -0.2) is 11.6 Å². The summed E-state index contributed by atoms with van der Waals surface area (Å²) in [5.74, 6) is -0.486. The Kier molecular flexibility index (Phi) is 5.32. The summed E-state index contributed by atoms with van der Waals surface area (Å²) in [6.07, 6.45) is 0. The Bertz CT molecular complexity index is 630. The van der Waals surface area contributed by atoms with Gasteiger partial charge in [-0.2, -0.15) is 5.10 Å². The molecule has 0 spiro atoms. The van der Waals surface area contributed by atoms with Gasteiger partial charge in [0.05, 0.1) is 5.92 Å². The maximum Gasteiger partial charge on any atom is 0.252 e. The van der Waals surface area contributed by atoms with Crippen molar-refractivity contribution in [2.75, 3.05) is 0 Å². The standard InChI is InChI=1S/C20H24N2O/c1-15(20(2,3)4)21-22-19(23)18(16-11-7-5-8-12-16)17-13-9-6-10-14-17/h5-14,18H,1-4H3,(H,22,23)/b21-15-. The average molecular weight is 308 g/mol. The van der Waals surface area contributed by atoms with Crippen molar-refractivity contribution in [1.82, 2.24) is 5.43 Å². The van der Waals surface area contributed by atoms with E-state index in [0.29, 0.717) is 0 Å². The summed E-state index contributed by atoms with van der Waals surface area (Å²) in [6, 6.07) is 19.6. The van der Waals surface area contributed by atoms with Gasteiger partial charge in [0.15, 0.2) is 0 Å². The molecule has 0 heterocycles. The first-order valence-corrected chi connectivity index (χ1v) is 7.84. The molecular formula is C20H24N2O. The molecule has 0 bridgehead atoms. The van der Waals surface area contributed by atoms with Crippen LogP contribution in [0.5, 0.6) is 0 Å². The van der Waals surface area contributed by atoms with Crippen LogP contribution in [0.2, 0.25) is 0 Å². The average Bonchev–Trinajstić information content (AvgIpc) is 2.54. The second kappa shape index (κ2) is 7.23. The SMILES string of the molecule is C/C(=N/NC(=O)C(c1ccccc1)c1ccccc1)C(C)(C)C. The fraction of sp³-hybridized carbons (Fsp3) is 0.300. The van der Waals surface area contributed by atoms with Crippen molar-refractivity contribution in [1.29, 1.82) is 0 Å². The van der Waals surface area contributed by atoms with Gasteiger partial charge in [-0.25, -0.2) is 5.43 Å². The third-order valence-corrected chi connectivity index (χ3v) is 3.95. The molecule has 0 aliphatic carbocycles. The monoisotopic (exact) mass is 308 g/mol. The molecule has 2 aromatic rings. The summed E-state index contributed by atoms with van der Waals surface area (Å²) < 4.78 is 0. The topological polar surface area (TPSA) is 41.5 Å². The van der Waals surface area contributed by atoms with Gasteiger partial charge in [0.2, 0.25) is 0 Å². The Morgan fingerprint density at radius 3 is 1.74 bits per heavy atom. The van der Waals surface area contributed by atoms with Crippen molar-refractivity contribution in [3.8, 4) is 0 Å². The molecule has 0 aromatic heterocycles. The molecule has 1 amide bonds. The molecule has 0 radical (unpaired) electrons. The van der Waals surface area contributed by atoms with Crippen molar-refractivity contribution in [3.63, 3.8) is 0 Å². The maximum atomic E-state index is 12.8. The maximum absolute atomic E-state index is 12.8. The first kappa shape index (κ1) is 16.9. The summed E-state index contributed by atoms with van der Waals surface area (Å²) in [4.78, 5) is 12.8. The molecular weight excluding hydrogens is 284 g/mol. The van der Waals surface area contributed by atoms with Crippen molar-refractivity contribution in [2.24, 2.45) is 10.5 Å². The first-order valence-electron chi connectivity index (χ1n) is 7.84. The summed E-state index contributed by atoms with van der Waals surface area (Å²) in [5, 5.41) is 4.28. The van der Waals surface area contributed by atoms with Gasteiger partial charge in [-0.1, -0.05) is 81.4 Å². The fourth-order valence-electron chi connectivity index (χ4n) is 2.16. The van der Waals surface area contributed by atoms with Crippen LogP contribution in [0, 0.1) is 5.41 Å². The smallest absolute Gasteiger partial charge is 0.252 e. The highest BCUT2D eigenvalue weighted by Crippen LogP contribution is 2.25. The predicted octanol–water partition coefficient (Wildman–Crippen LogP) is 4.36. The van der Waals surface area contributed by atoms with E-state index < -0.39 is 0 Å². The summed E-state index contributed by atoms with van der Waals surface area (Å²) in [5.41, 5.74) is 5.48. The molecule has 1 N–H and O–H groups in total. The lowest BCUT2D eigenvalue weighted by atomic mass is 9.90. The normalized spacial score (nSPS) is 12.3. The van der Waals surface area contributed by atoms with Crippen LogP contribution >= 0.6 is 0 Å². The van der Waals surface area contributed by atoms with Gasteiger partial charge in [0, 0.05) is 11.1 Å². The molecule has 0 aliphatic heterocycles. The number of hydrazone groups is 1. The zero-order valence-electron chi connectivity index (χ0n) is 14.2. The lowest BCUT2D eigenvalue weighted by Gasteiger charge is -2.20. The Morgan fingerprint density at radius 1 is 0.913 bits per heavy atom. The van der Waals surface area contributed by atoms with Gasteiger partial charge in [-0.05, 0) is 18.1 Å². The highest BCUT2D eigenvalue weighted by atomic mass is 16.2. The van der Waals surface area contributed by atoms with Gasteiger partial charge >= 0.3 is 0 Å². The van der Waals surface area contributed by atoms with Crippen molar-refractivity contribution in [3.05, 3.63) is 71.8 Å². The molecule has 0 atom stereocenters. The fourth-order valence-corrected chi connectivity index (χ4v) is 2.16. The Balaban J connectivity index is 2.30. The van der Waals surface area contributed by atoms with Gasteiger partial charge in [0.25, 0.3) is 5.91 Å². The molecule has 23 heavy (non-hydrogen) atoms. The quantitative estimate of drug-likeness (QED) is 0.662. The molecule has 2 aromatic carbocycles. The number of amides is 1. The number of nitrogens with one attached hydrogen (secondary N) is 1. The van der Waals surface area contributed by atoms with E-state index in [1.807, 2.05) is 67.6 Å². The number of carbonyl (C=O) groups excluding carboxylic acids is 1. The summed E-state index contributed by atoms with van der Waals surface area (Å²) >= 11 is 0. The molecule has 3 heteroatoms. The van der Waals surface area contributed by atoms with Crippen LogP contribution in [0.4, 0.5) is 0 Å². The van der Waals surface area contributed by atoms with E-state index in [-0.39, 0.29) is 17.2 Å². The van der Waals surface area contributed by atoms with Crippen LogP contribution in [0.1, 0.15) is 44.7 Å². The Labute approximate surface area is 138 Å². The molecule has 2 rings (SSSR count). The van der Waals surface area contributed by atoms with Gasteiger partial charge in [0.1, 0.15) is 0 Å². The zero-order valence-corrected chi connectivity index (χ0v) is 14.2. The summed E-state index contributed by atoms with van der Waals surface area (Å²) in [6.45, 7) is 8.15. The van der Waals surface area contributed by atoms with E-state index in [4.69, 9.17) is 0 Å². The molecule has 0 saturated carbocycles. The van der Waals surface area contributed by atoms with Crippen molar-refractivity contribution < 1.29 is 4.79 Å². The van der Waals surface area contributed by atoms with E-state index in [0.717, 1.165) is 16.8 Å². The molecule has 0 unspecified atom stereocenters. The number of carbonyl (C=O) groups is 1. The number of nitrogens with zero attached hydrogens (tertiary/aromatic N) is 1. The minimum absolute atomic E-state index is 0.0672. The summed E-state index contributed by atoms with van der Waals surface area (Å²) in [7, 11) is 0. The van der Waals surface area contributed by atoms with Crippen molar-refractivity contribution >= 4 is 11.6 Å². The Morgan fingerprint density at radius 2 is 1.35 bits per heavy atom. The van der Waals surface area contributed by atoms with Crippen molar-refractivity contribution in [2.45, 2.75) is 33.6 Å². The lowest BCUT2D eigenvalue weighted by Crippen LogP contribution is -2.29. The lowest BCUT2D eigenvalue weighted by molar-refractivity contribution is -0.121. The minimum atomic E-state index is -0.367. The largest absolute Gasteiger partial charge is 0.272 e. The van der Waals surface area contributed by atoms with Gasteiger partial charge in [-0.15, -0.1) is 0 Å². The van der Waals surface area contributed by atoms with Crippen LogP contribution in [0.25, 0.3) is 0 Å². The number of benzene rings is 2. The molecule has 0 saturated heterocycles. The third kappa shape index (κ3) is 4.52. The predicted molar refractivity (Wildman–Crippen MR) is 95.4 cm³/mol. The third-order valence-electron chi connectivity index (χ3n) is 3.95. The minimum Gasteiger partial charge on any atom is -0.272 e. The molecule has 120 valence electrons. The van der Waals surface area contributed by atoms with Crippen LogP contribution in [-0.2, 0) is 4.79 Å². The zero-order chi connectivity index (χ0) is 16.9. The van der Waals surface area contributed by atoms with E-state index in [9.17, 15) is 4.79 Å². The highest BCUT2D eigenvalue weighted by molar-refractivity contribution is 5.91. The Hall–Kier alpha value is -2.42. The van der Waals surface area contributed by atoms with Gasteiger partial charge in [-0.3, -0.25) is 4.79 Å². The molecule has 0 fully saturated rings. The molecule has 0 aliphatic rings. The first-order chi connectivity index (χ1) is 10.9. The van der Waals surface area contributed by atoms with Gasteiger partial charge < -0.3 is 0 Å². The van der Waals surface area contributed by atoms with E-state index in [2.05, 4.69) is 31.3 Å². The number of hydrogen-bond donors (Lipinski definition) is 1. The van der Waals surface area contributed by atoms with E-state index in [1.54, 1.807) is 0 Å². The highest BCUT2D eigenvalue weighted by Gasteiger charge is 2.23. The van der Waals surface area contributed by atoms with Crippen LogP contribution in [0.3, 0.4) is 0 Å². The number of rotatable bonds is 4. The van der Waals surface area contributed by atoms with E-state index in [1.165, 1.54) is 0 Å². The second-order valence-corrected chi connectivity index (χ2v) is 6.68. The second-order valence-electron chi connectivity index (χ2n) is 6.68. The van der Waals surface area contributed by atoms with Crippen LogP contribution < -0.4 is 5.43 Å². The molecule has 3 nitrogen and oxygen atoms in total. The number of hydrogen-bond acceptors (Lipinski definition) is 2.